The third kappa shape index (κ3) is 4.87. The number of pyridine rings is 1. The van der Waals surface area contributed by atoms with E-state index in [0.717, 1.165) is 16.5 Å². The highest BCUT2D eigenvalue weighted by Crippen LogP contribution is 2.30. The van der Waals surface area contributed by atoms with Crippen LogP contribution in [0.4, 0.5) is 5.82 Å². The van der Waals surface area contributed by atoms with Gasteiger partial charge >= 0.3 is 0 Å². The number of anilines is 1. The third-order valence-corrected chi connectivity index (χ3v) is 6.19. The largest absolute Gasteiger partial charge is 0.389 e. The Morgan fingerprint density at radius 2 is 2.00 bits per heavy atom. The van der Waals surface area contributed by atoms with Crippen LogP contribution in [0.1, 0.15) is 25.8 Å². The van der Waals surface area contributed by atoms with Crippen molar-refractivity contribution in [3.8, 4) is 34.4 Å². The molecule has 1 aromatic carbocycles. The molecule has 1 saturated heterocycles. The number of likely N-dealkylation sites (N-methyl/N-ethyl adjacent to an activating group) is 1. The van der Waals surface area contributed by atoms with Crippen molar-refractivity contribution in [2.75, 3.05) is 19.3 Å². The molecule has 3 aromatic heterocycles. The molecule has 1 aliphatic heterocycles. The Kier molecular flexibility index (Phi) is 5.90. The zero-order chi connectivity index (χ0) is 26.4. The Morgan fingerprint density at radius 3 is 2.73 bits per heavy atom. The van der Waals surface area contributed by atoms with Gasteiger partial charge in [-0.2, -0.15) is 5.10 Å². The zero-order valence-corrected chi connectivity index (χ0v) is 20.8. The highest BCUT2D eigenvalue weighted by molar-refractivity contribution is 5.98. The van der Waals surface area contributed by atoms with Crippen molar-refractivity contribution in [3.05, 3.63) is 54.6 Å². The summed E-state index contributed by atoms with van der Waals surface area (Å²) in [6.45, 7) is 4.25. The van der Waals surface area contributed by atoms with Gasteiger partial charge in [0.1, 0.15) is 11.3 Å². The quantitative estimate of drug-likeness (QED) is 0.363. The normalized spacial score (nSPS) is 17.8. The predicted octanol–water partition coefficient (Wildman–Crippen LogP) is 1.85. The van der Waals surface area contributed by atoms with Gasteiger partial charge in [0.2, 0.25) is 5.60 Å². The lowest BCUT2D eigenvalue weighted by Gasteiger charge is -2.16. The molecule has 1 amide bonds. The van der Waals surface area contributed by atoms with Crippen LogP contribution in [0.25, 0.3) is 33.4 Å². The molecular weight excluding hydrogens is 470 g/mol. The smallest absolute Gasteiger partial charge is 0.267 e. The summed E-state index contributed by atoms with van der Waals surface area (Å²) in [5.41, 5.74) is 7.03. The van der Waals surface area contributed by atoms with Gasteiger partial charge in [-0.25, -0.2) is 15.0 Å². The summed E-state index contributed by atoms with van der Waals surface area (Å²) >= 11 is 0. The standard InChI is InChI=1S/C27H27N7O3/c1-26(2,36)16-34-15-19(12-31-34)20-13-29-23(28)22-21(20)14-30-24(32-22)18-6-4-5-17(11-18)7-8-27(37)9-10-33(3)25(27)35/h4-6,11-15,36-37H,9-10,16H2,1-3H3,(H2,28,29)/t27-/m0/s1. The number of nitrogen functional groups attached to an aromatic ring is 1. The van der Waals surface area contributed by atoms with E-state index in [-0.39, 0.29) is 12.2 Å². The maximum Gasteiger partial charge on any atom is 0.267 e. The number of fused-ring (bicyclic) bond motifs is 1. The molecule has 0 unspecified atom stereocenters. The maximum atomic E-state index is 12.2. The SMILES string of the molecule is CN1CC[C@@](O)(C#Cc2cccc(-c3ncc4c(-c5cnn(CC(C)(C)O)c5)cnc(N)c4n3)c2)C1=O. The molecule has 10 nitrogen and oxygen atoms in total. The summed E-state index contributed by atoms with van der Waals surface area (Å²) in [7, 11) is 1.65. The van der Waals surface area contributed by atoms with Crippen LogP contribution in [0.5, 0.6) is 0 Å². The molecule has 4 aromatic rings. The number of aliphatic hydroxyl groups is 2. The number of hydrogen-bond donors (Lipinski definition) is 3. The molecule has 5 rings (SSSR count). The van der Waals surface area contributed by atoms with Gasteiger partial charge in [-0.3, -0.25) is 9.48 Å². The highest BCUT2D eigenvalue weighted by Gasteiger charge is 2.42. The minimum absolute atomic E-state index is 0.272. The van der Waals surface area contributed by atoms with Crippen LogP contribution in [0.2, 0.25) is 0 Å². The molecule has 4 N–H and O–H groups in total. The number of amides is 1. The average Bonchev–Trinajstić information content (AvgIpc) is 3.42. The second-order valence-corrected chi connectivity index (χ2v) is 9.92. The van der Waals surface area contributed by atoms with E-state index in [9.17, 15) is 15.0 Å². The fourth-order valence-electron chi connectivity index (χ4n) is 4.27. The van der Waals surface area contributed by atoms with E-state index in [1.807, 2.05) is 18.3 Å². The molecule has 0 spiro atoms. The van der Waals surface area contributed by atoms with Crippen molar-refractivity contribution in [3.63, 3.8) is 0 Å². The van der Waals surface area contributed by atoms with Gasteiger partial charge in [0.15, 0.2) is 5.82 Å². The third-order valence-electron chi connectivity index (χ3n) is 6.19. The van der Waals surface area contributed by atoms with Gasteiger partial charge < -0.3 is 20.8 Å². The van der Waals surface area contributed by atoms with Gasteiger partial charge in [-0.15, -0.1) is 0 Å². The van der Waals surface area contributed by atoms with Crippen LogP contribution in [-0.4, -0.2) is 70.5 Å². The number of carbonyl (C=O) groups excluding carboxylic acids is 1. The van der Waals surface area contributed by atoms with Gasteiger partial charge in [0, 0.05) is 66.2 Å². The van der Waals surface area contributed by atoms with Crippen LogP contribution in [0.15, 0.2) is 49.1 Å². The molecule has 0 radical (unpaired) electrons. The number of nitrogens with zero attached hydrogens (tertiary/aromatic N) is 6. The maximum absolute atomic E-state index is 12.2. The number of benzene rings is 1. The first-order valence-electron chi connectivity index (χ1n) is 11.8. The lowest BCUT2D eigenvalue weighted by molar-refractivity contribution is -0.137. The summed E-state index contributed by atoms with van der Waals surface area (Å²) in [6.07, 6.45) is 7.17. The van der Waals surface area contributed by atoms with Crippen LogP contribution in [0.3, 0.4) is 0 Å². The summed E-state index contributed by atoms with van der Waals surface area (Å²) in [5, 5.41) is 25.7. The summed E-state index contributed by atoms with van der Waals surface area (Å²) < 4.78 is 1.67. The number of carbonyl (C=O) groups is 1. The summed E-state index contributed by atoms with van der Waals surface area (Å²) in [6, 6.07) is 7.26. The molecule has 1 atom stereocenters. The first-order chi connectivity index (χ1) is 17.5. The Bertz CT molecular complexity index is 1580. The van der Waals surface area contributed by atoms with E-state index in [0.29, 0.717) is 35.6 Å². The fraction of sp³-hybridized carbons (Fsp3) is 0.296. The van der Waals surface area contributed by atoms with Gasteiger partial charge in [-0.1, -0.05) is 24.0 Å². The Labute approximate surface area is 213 Å². The molecular formula is C27H27N7O3. The van der Waals surface area contributed by atoms with Crippen molar-refractivity contribution in [2.45, 2.75) is 38.0 Å². The Morgan fingerprint density at radius 1 is 1.19 bits per heavy atom. The first kappa shape index (κ1) is 24.4. The van der Waals surface area contributed by atoms with Crippen LogP contribution in [0, 0.1) is 11.8 Å². The van der Waals surface area contributed by atoms with Crippen molar-refractivity contribution in [1.82, 2.24) is 29.6 Å². The van der Waals surface area contributed by atoms with Crippen molar-refractivity contribution in [2.24, 2.45) is 0 Å². The topological polar surface area (TPSA) is 143 Å². The van der Waals surface area contributed by atoms with Crippen LogP contribution >= 0.6 is 0 Å². The summed E-state index contributed by atoms with van der Waals surface area (Å²) in [5.74, 6) is 5.97. The highest BCUT2D eigenvalue weighted by atomic mass is 16.3. The van der Waals surface area contributed by atoms with E-state index in [4.69, 9.17) is 5.73 Å². The van der Waals surface area contributed by atoms with Gasteiger partial charge in [-0.05, 0) is 26.0 Å². The second kappa shape index (κ2) is 8.96. The van der Waals surface area contributed by atoms with Crippen LogP contribution < -0.4 is 5.73 Å². The average molecular weight is 498 g/mol. The van der Waals surface area contributed by atoms with E-state index in [1.54, 1.807) is 56.3 Å². The molecule has 1 fully saturated rings. The molecule has 0 bridgehead atoms. The second-order valence-electron chi connectivity index (χ2n) is 9.92. The van der Waals surface area contributed by atoms with Crippen molar-refractivity contribution < 1.29 is 15.0 Å². The molecule has 0 aliphatic carbocycles. The number of aromatic nitrogens is 5. The molecule has 4 heterocycles. The van der Waals surface area contributed by atoms with E-state index < -0.39 is 17.1 Å². The zero-order valence-electron chi connectivity index (χ0n) is 20.8. The number of likely N-dealkylation sites (tertiary alicyclic amines) is 1. The molecule has 10 heteroatoms. The lowest BCUT2D eigenvalue weighted by atomic mass is 10.0. The number of nitrogens with two attached hydrogens (primary N) is 1. The van der Waals surface area contributed by atoms with Crippen molar-refractivity contribution in [1.29, 1.82) is 0 Å². The molecule has 188 valence electrons. The monoisotopic (exact) mass is 497 g/mol. The Balaban J connectivity index is 1.48. The predicted molar refractivity (Wildman–Crippen MR) is 139 cm³/mol. The van der Waals surface area contributed by atoms with E-state index in [1.165, 1.54) is 4.90 Å². The first-order valence-corrected chi connectivity index (χ1v) is 11.8. The minimum atomic E-state index is -1.67. The van der Waals surface area contributed by atoms with Crippen LogP contribution in [-0.2, 0) is 11.3 Å². The molecule has 1 aliphatic rings. The minimum Gasteiger partial charge on any atom is -0.389 e. The fourth-order valence-corrected chi connectivity index (χ4v) is 4.27. The number of rotatable bonds is 4. The van der Waals surface area contributed by atoms with Crippen molar-refractivity contribution >= 4 is 22.6 Å². The lowest BCUT2D eigenvalue weighted by Crippen LogP contribution is -2.37. The summed E-state index contributed by atoms with van der Waals surface area (Å²) in [4.78, 5) is 27.3. The van der Waals surface area contributed by atoms with E-state index >= 15 is 0 Å². The van der Waals surface area contributed by atoms with Gasteiger partial charge in [0.25, 0.3) is 5.91 Å². The van der Waals surface area contributed by atoms with Gasteiger partial charge in [0.05, 0.1) is 18.3 Å². The number of hydrogen-bond acceptors (Lipinski definition) is 8. The van der Waals surface area contributed by atoms with E-state index in [2.05, 4.69) is 31.9 Å². The molecule has 37 heavy (non-hydrogen) atoms. The molecule has 0 saturated carbocycles. The Hall–Kier alpha value is -4.33.